The van der Waals surface area contributed by atoms with Crippen molar-refractivity contribution < 1.29 is 4.74 Å². The molecule has 158 valence electrons. The average Bonchev–Trinajstić information content (AvgIpc) is 3.39. The van der Waals surface area contributed by atoms with Crippen molar-refractivity contribution >= 4 is 28.0 Å². The van der Waals surface area contributed by atoms with Gasteiger partial charge in [-0.1, -0.05) is 86.2 Å². The average molecular weight is 409 g/mol. The Kier molecular flexibility index (Phi) is 5.78. The third-order valence-corrected chi connectivity index (χ3v) is 7.43. The zero-order valence-electron chi connectivity index (χ0n) is 18.7. The van der Waals surface area contributed by atoms with Crippen LogP contribution in [0.25, 0.3) is 28.0 Å². The van der Waals surface area contributed by atoms with Crippen molar-refractivity contribution in [2.75, 3.05) is 13.7 Å². The minimum absolute atomic E-state index is 0.868. The maximum atomic E-state index is 5.34. The van der Waals surface area contributed by atoms with Crippen LogP contribution in [0.3, 0.4) is 0 Å². The fourth-order valence-corrected chi connectivity index (χ4v) is 5.79. The van der Waals surface area contributed by atoms with E-state index < -0.39 is 0 Å². The molecule has 5 rings (SSSR count). The number of fused-ring (bicyclic) bond motifs is 2. The third-order valence-electron chi connectivity index (χ3n) is 7.43. The molecule has 0 heterocycles. The van der Waals surface area contributed by atoms with E-state index in [1.54, 1.807) is 0 Å². The highest BCUT2D eigenvalue weighted by atomic mass is 16.5. The molecule has 1 nitrogen and oxygen atoms in total. The summed E-state index contributed by atoms with van der Waals surface area (Å²) in [6.45, 7) is 3.25. The summed E-state index contributed by atoms with van der Waals surface area (Å²) < 4.78 is 5.34. The standard InChI is InChI=1S/C30H32O/c1-3-25-29(30(25)17-18-31-2)16-15-23-20-24(28-14-7-6-13-27(23)28)19-22-11-8-10-21-9-4-5-12-26(21)22/h4-14,19-20,25,29-30H,3,15-18H2,1-2H3. The normalized spacial score (nSPS) is 23.2. The summed E-state index contributed by atoms with van der Waals surface area (Å²) in [6, 6.07) is 24.2. The first kappa shape index (κ1) is 20.3. The molecule has 2 aliphatic carbocycles. The summed E-state index contributed by atoms with van der Waals surface area (Å²) in [6.07, 6.45) is 9.83. The van der Waals surface area contributed by atoms with Gasteiger partial charge in [-0.2, -0.15) is 0 Å². The highest BCUT2D eigenvalue weighted by molar-refractivity contribution is 6.04. The molecule has 0 aliphatic heterocycles. The van der Waals surface area contributed by atoms with Gasteiger partial charge in [0.2, 0.25) is 0 Å². The summed E-state index contributed by atoms with van der Waals surface area (Å²) >= 11 is 0. The molecular formula is C30H32O. The Morgan fingerprint density at radius 3 is 2.39 bits per heavy atom. The topological polar surface area (TPSA) is 9.23 Å². The SMILES string of the molecule is CCC1C(CCOC)C1CCC1=CC(=Cc2cccc3ccccc23)c2ccccc21. The van der Waals surface area contributed by atoms with E-state index in [9.17, 15) is 0 Å². The van der Waals surface area contributed by atoms with Crippen LogP contribution in [0.4, 0.5) is 0 Å². The van der Waals surface area contributed by atoms with Crippen molar-refractivity contribution in [3.05, 3.63) is 89.5 Å². The van der Waals surface area contributed by atoms with Crippen molar-refractivity contribution in [1.29, 1.82) is 0 Å². The van der Waals surface area contributed by atoms with E-state index in [0.717, 1.165) is 24.4 Å². The summed E-state index contributed by atoms with van der Waals surface area (Å²) in [4.78, 5) is 0. The van der Waals surface area contributed by atoms with E-state index in [1.165, 1.54) is 64.3 Å². The van der Waals surface area contributed by atoms with Gasteiger partial charge in [0, 0.05) is 13.7 Å². The Morgan fingerprint density at radius 2 is 1.55 bits per heavy atom. The van der Waals surface area contributed by atoms with E-state index in [0.29, 0.717) is 0 Å². The lowest BCUT2D eigenvalue weighted by molar-refractivity contribution is 0.186. The van der Waals surface area contributed by atoms with Crippen LogP contribution in [0.15, 0.2) is 72.8 Å². The molecule has 0 bridgehead atoms. The predicted molar refractivity (Wildman–Crippen MR) is 133 cm³/mol. The van der Waals surface area contributed by atoms with Gasteiger partial charge in [0.1, 0.15) is 0 Å². The Balaban J connectivity index is 1.40. The van der Waals surface area contributed by atoms with Gasteiger partial charge in [-0.25, -0.2) is 0 Å². The monoisotopic (exact) mass is 408 g/mol. The van der Waals surface area contributed by atoms with Gasteiger partial charge in [-0.3, -0.25) is 0 Å². The summed E-state index contributed by atoms with van der Waals surface area (Å²) in [5.41, 5.74) is 6.96. The zero-order chi connectivity index (χ0) is 21.2. The molecule has 3 unspecified atom stereocenters. The minimum Gasteiger partial charge on any atom is -0.385 e. The largest absolute Gasteiger partial charge is 0.385 e. The predicted octanol–water partition coefficient (Wildman–Crippen LogP) is 7.87. The fourth-order valence-electron chi connectivity index (χ4n) is 5.79. The van der Waals surface area contributed by atoms with Crippen LogP contribution in [0.5, 0.6) is 0 Å². The number of benzene rings is 3. The second-order valence-electron chi connectivity index (χ2n) is 9.10. The molecule has 1 heteroatoms. The molecule has 0 radical (unpaired) electrons. The lowest BCUT2D eigenvalue weighted by atomic mass is 9.98. The number of methoxy groups -OCH3 is 1. The van der Waals surface area contributed by atoms with Crippen molar-refractivity contribution in [2.45, 2.75) is 32.6 Å². The van der Waals surface area contributed by atoms with Crippen molar-refractivity contribution in [1.82, 2.24) is 0 Å². The number of hydrogen-bond donors (Lipinski definition) is 0. The Bertz CT molecular complexity index is 1130. The van der Waals surface area contributed by atoms with E-state index >= 15 is 0 Å². The Hall–Kier alpha value is -2.64. The summed E-state index contributed by atoms with van der Waals surface area (Å²) in [5, 5.41) is 2.62. The van der Waals surface area contributed by atoms with Gasteiger partial charge in [0.05, 0.1) is 0 Å². The molecule has 0 N–H and O–H groups in total. The van der Waals surface area contributed by atoms with Crippen LogP contribution >= 0.6 is 0 Å². The maximum Gasteiger partial charge on any atom is 0.0465 e. The van der Waals surface area contributed by atoms with Gasteiger partial charge >= 0.3 is 0 Å². The van der Waals surface area contributed by atoms with Crippen LogP contribution in [-0.4, -0.2) is 13.7 Å². The molecule has 0 amide bonds. The first-order valence-electron chi connectivity index (χ1n) is 11.8. The van der Waals surface area contributed by atoms with E-state index in [4.69, 9.17) is 4.74 Å². The first-order chi connectivity index (χ1) is 15.3. The molecule has 1 fully saturated rings. The van der Waals surface area contributed by atoms with Crippen molar-refractivity contribution in [3.63, 3.8) is 0 Å². The summed E-state index contributed by atoms with van der Waals surface area (Å²) in [7, 11) is 1.82. The van der Waals surface area contributed by atoms with E-state index in [1.807, 2.05) is 7.11 Å². The number of hydrogen-bond acceptors (Lipinski definition) is 1. The van der Waals surface area contributed by atoms with Gasteiger partial charge in [-0.05, 0) is 81.7 Å². The maximum absolute atomic E-state index is 5.34. The molecule has 2 aliphatic rings. The minimum atomic E-state index is 0.868. The van der Waals surface area contributed by atoms with Crippen LogP contribution in [0.2, 0.25) is 0 Å². The third kappa shape index (κ3) is 4.00. The molecular weight excluding hydrogens is 376 g/mol. The highest BCUT2D eigenvalue weighted by Crippen LogP contribution is 2.54. The van der Waals surface area contributed by atoms with Gasteiger partial charge in [-0.15, -0.1) is 0 Å². The quantitative estimate of drug-likeness (QED) is 0.368. The Morgan fingerprint density at radius 1 is 0.806 bits per heavy atom. The van der Waals surface area contributed by atoms with E-state index in [-0.39, 0.29) is 0 Å². The Labute approximate surface area is 186 Å². The molecule has 31 heavy (non-hydrogen) atoms. The number of ether oxygens (including phenoxy) is 1. The summed E-state index contributed by atoms with van der Waals surface area (Å²) in [5.74, 6) is 2.64. The van der Waals surface area contributed by atoms with Gasteiger partial charge in [0.25, 0.3) is 0 Å². The molecule has 0 spiro atoms. The van der Waals surface area contributed by atoms with Crippen LogP contribution in [0.1, 0.15) is 49.3 Å². The molecule has 0 aromatic heterocycles. The van der Waals surface area contributed by atoms with Crippen molar-refractivity contribution in [3.8, 4) is 0 Å². The van der Waals surface area contributed by atoms with Crippen LogP contribution in [0, 0.1) is 17.8 Å². The fraction of sp³-hybridized carbons (Fsp3) is 0.333. The lowest BCUT2D eigenvalue weighted by Gasteiger charge is -2.06. The highest BCUT2D eigenvalue weighted by Gasteiger charge is 2.47. The van der Waals surface area contributed by atoms with Gasteiger partial charge < -0.3 is 4.74 Å². The van der Waals surface area contributed by atoms with Crippen LogP contribution < -0.4 is 0 Å². The second-order valence-corrected chi connectivity index (χ2v) is 9.10. The van der Waals surface area contributed by atoms with Crippen LogP contribution in [-0.2, 0) is 4.74 Å². The van der Waals surface area contributed by atoms with Gasteiger partial charge in [0.15, 0.2) is 0 Å². The lowest BCUT2D eigenvalue weighted by Crippen LogP contribution is -1.92. The van der Waals surface area contributed by atoms with Crippen molar-refractivity contribution in [2.24, 2.45) is 17.8 Å². The van der Waals surface area contributed by atoms with E-state index in [2.05, 4.69) is 85.8 Å². The molecule has 3 aromatic rings. The number of allylic oxidation sites excluding steroid dienone is 3. The second kappa shape index (κ2) is 8.85. The molecule has 3 aromatic carbocycles. The smallest absolute Gasteiger partial charge is 0.0465 e. The molecule has 0 saturated heterocycles. The zero-order valence-corrected chi connectivity index (χ0v) is 18.7. The number of rotatable bonds is 8. The first-order valence-corrected chi connectivity index (χ1v) is 11.8. The molecule has 3 atom stereocenters. The molecule has 1 saturated carbocycles.